The van der Waals surface area contributed by atoms with Gasteiger partial charge in [0.2, 0.25) is 0 Å². The van der Waals surface area contributed by atoms with E-state index in [0.717, 1.165) is 35.5 Å². The van der Waals surface area contributed by atoms with Crippen LogP contribution in [0.2, 0.25) is 0 Å². The quantitative estimate of drug-likeness (QED) is 0.163. The van der Waals surface area contributed by atoms with Crippen molar-refractivity contribution in [1.82, 2.24) is 0 Å². The number of nitriles is 1. The van der Waals surface area contributed by atoms with Gasteiger partial charge in [0.25, 0.3) is 5.70 Å². The molecule has 5 rings (SSSR count). The van der Waals surface area contributed by atoms with E-state index in [4.69, 9.17) is 11.3 Å². The van der Waals surface area contributed by atoms with Crippen LogP contribution in [0.5, 0.6) is 0 Å². The number of ether oxygens (including phenoxy) is 1. The van der Waals surface area contributed by atoms with Crippen LogP contribution >= 0.6 is 0 Å². The highest BCUT2D eigenvalue weighted by Gasteiger charge is 2.14. The number of anilines is 3. The number of allylic oxidation sites excluding steroid dienone is 6. The first-order valence-electron chi connectivity index (χ1n) is 14.0. The van der Waals surface area contributed by atoms with Crippen molar-refractivity contribution in [1.29, 1.82) is 5.26 Å². The average Bonchev–Trinajstić information content (AvgIpc) is 3.03. The lowest BCUT2D eigenvalue weighted by molar-refractivity contribution is 0.318. The van der Waals surface area contributed by atoms with E-state index in [2.05, 4.69) is 114 Å². The lowest BCUT2D eigenvalue weighted by Crippen LogP contribution is -2.10. The molecule has 4 heteroatoms. The molecule has 0 fully saturated rings. The van der Waals surface area contributed by atoms with Crippen LogP contribution in [0.1, 0.15) is 31.4 Å². The van der Waals surface area contributed by atoms with Gasteiger partial charge in [0, 0.05) is 17.1 Å². The first-order chi connectivity index (χ1) is 20.6. The molecule has 0 amide bonds. The minimum atomic E-state index is 0.0486. The minimum Gasteiger partial charge on any atom is -0.462 e. The van der Waals surface area contributed by atoms with Gasteiger partial charge >= 0.3 is 0 Å². The zero-order valence-corrected chi connectivity index (χ0v) is 23.8. The zero-order chi connectivity index (χ0) is 29.3. The zero-order valence-electron chi connectivity index (χ0n) is 23.8. The largest absolute Gasteiger partial charge is 0.462 e. The highest BCUT2D eigenvalue weighted by atomic mass is 16.5. The molecule has 0 atom stereocenters. The summed E-state index contributed by atoms with van der Waals surface area (Å²) in [5, 5.41) is 9.25. The van der Waals surface area contributed by atoms with Crippen LogP contribution in [0.25, 0.3) is 22.0 Å². The van der Waals surface area contributed by atoms with Crippen LogP contribution in [0.15, 0.2) is 144 Å². The van der Waals surface area contributed by atoms with Crippen molar-refractivity contribution in [2.24, 2.45) is 0 Å². The number of rotatable bonds is 8. The maximum atomic E-state index is 9.25. The molecule has 4 aromatic rings. The van der Waals surface area contributed by atoms with Crippen LogP contribution in [-0.2, 0) is 11.2 Å². The predicted molar refractivity (Wildman–Crippen MR) is 172 cm³/mol. The summed E-state index contributed by atoms with van der Waals surface area (Å²) in [7, 11) is 0. The van der Waals surface area contributed by atoms with Gasteiger partial charge in [-0.1, -0.05) is 86.2 Å². The molecular formula is C38H31N3O. The van der Waals surface area contributed by atoms with E-state index < -0.39 is 0 Å². The number of nitrogens with zero attached hydrogens (tertiary/aromatic N) is 3. The fourth-order valence-corrected chi connectivity index (χ4v) is 4.93. The van der Waals surface area contributed by atoms with E-state index in [0.29, 0.717) is 17.1 Å². The molecule has 0 unspecified atom stereocenters. The number of hydrogen-bond acceptors (Lipinski definition) is 3. The molecular weight excluding hydrogens is 514 g/mol. The summed E-state index contributed by atoms with van der Waals surface area (Å²) in [6.45, 7) is 11.3. The Bertz CT molecular complexity index is 1730. The van der Waals surface area contributed by atoms with Crippen molar-refractivity contribution in [3.05, 3.63) is 167 Å². The Labute approximate surface area is 248 Å². The number of benzene rings is 4. The molecule has 0 aromatic heterocycles. The van der Waals surface area contributed by atoms with Crippen molar-refractivity contribution in [3.63, 3.8) is 0 Å². The van der Waals surface area contributed by atoms with Crippen molar-refractivity contribution >= 4 is 23.1 Å². The first-order valence-corrected chi connectivity index (χ1v) is 14.0. The standard InChI is InChI=1S/C38H31N3O/c1-4-8-29-11-18-34(19-12-29)41(36-22-16-32(17-23-36)31-9-6-5-7-10-31)35-20-13-30(14-21-35)15-24-37-26-33(25-28(2)42-37)38(27-39)40-3/h5-7,9-26H,4,8H2,1-2H3. The Morgan fingerprint density at radius 1 is 0.810 bits per heavy atom. The summed E-state index contributed by atoms with van der Waals surface area (Å²) in [6, 6.07) is 38.2. The molecule has 0 bridgehead atoms. The molecule has 4 aromatic carbocycles. The summed E-state index contributed by atoms with van der Waals surface area (Å²) < 4.78 is 5.80. The monoisotopic (exact) mass is 545 g/mol. The molecule has 42 heavy (non-hydrogen) atoms. The second-order valence-corrected chi connectivity index (χ2v) is 10.0. The van der Waals surface area contributed by atoms with Crippen LogP contribution in [0.4, 0.5) is 17.1 Å². The van der Waals surface area contributed by atoms with Crippen molar-refractivity contribution in [2.45, 2.75) is 26.7 Å². The van der Waals surface area contributed by atoms with Crippen molar-refractivity contribution in [3.8, 4) is 17.2 Å². The highest BCUT2D eigenvalue weighted by Crippen LogP contribution is 2.36. The third-order valence-electron chi connectivity index (χ3n) is 6.98. The topological polar surface area (TPSA) is 40.6 Å². The lowest BCUT2D eigenvalue weighted by Gasteiger charge is -2.26. The van der Waals surface area contributed by atoms with E-state index in [1.54, 1.807) is 12.2 Å². The van der Waals surface area contributed by atoms with E-state index in [1.165, 1.54) is 16.7 Å². The molecule has 0 radical (unpaired) electrons. The van der Waals surface area contributed by atoms with Gasteiger partial charge in [-0.25, -0.2) is 10.1 Å². The molecule has 1 aliphatic heterocycles. The summed E-state index contributed by atoms with van der Waals surface area (Å²) in [5.74, 6) is 1.22. The van der Waals surface area contributed by atoms with Crippen molar-refractivity contribution < 1.29 is 4.74 Å². The van der Waals surface area contributed by atoms with Crippen LogP contribution in [0.3, 0.4) is 0 Å². The second-order valence-electron chi connectivity index (χ2n) is 10.0. The van der Waals surface area contributed by atoms with Gasteiger partial charge in [-0.15, -0.1) is 0 Å². The third kappa shape index (κ3) is 6.58. The van der Waals surface area contributed by atoms with E-state index >= 15 is 0 Å². The smallest absolute Gasteiger partial charge is 0.269 e. The molecule has 1 heterocycles. The van der Waals surface area contributed by atoms with Gasteiger partial charge in [0.05, 0.1) is 12.6 Å². The van der Waals surface area contributed by atoms with Crippen molar-refractivity contribution in [2.75, 3.05) is 4.90 Å². The Morgan fingerprint density at radius 3 is 2.00 bits per heavy atom. The summed E-state index contributed by atoms with van der Waals surface area (Å²) >= 11 is 0. The SMILES string of the molecule is [C-]#[N+]C(C#N)=C1C=C(C)OC(C=Cc2ccc(N(c3ccc(CCC)cc3)c3ccc(-c4ccccc4)cc3)cc2)=C1. The maximum absolute atomic E-state index is 9.25. The van der Waals surface area contributed by atoms with Crippen LogP contribution in [-0.4, -0.2) is 0 Å². The molecule has 0 saturated carbocycles. The Hall–Kier alpha value is -5.58. The number of hydrogen-bond donors (Lipinski definition) is 0. The lowest BCUT2D eigenvalue weighted by atomic mass is 10.0. The van der Waals surface area contributed by atoms with Crippen LogP contribution < -0.4 is 4.90 Å². The average molecular weight is 546 g/mol. The normalized spacial score (nSPS) is 13.8. The van der Waals surface area contributed by atoms with Crippen LogP contribution in [0, 0.1) is 17.9 Å². The summed E-state index contributed by atoms with van der Waals surface area (Å²) in [6.07, 6.45) is 9.43. The van der Waals surface area contributed by atoms with E-state index in [1.807, 2.05) is 31.2 Å². The molecule has 1 aliphatic rings. The first kappa shape index (κ1) is 28.0. The molecule has 0 N–H and O–H groups in total. The van der Waals surface area contributed by atoms with E-state index in [-0.39, 0.29) is 5.70 Å². The highest BCUT2D eigenvalue weighted by molar-refractivity contribution is 5.79. The Morgan fingerprint density at radius 2 is 1.40 bits per heavy atom. The summed E-state index contributed by atoms with van der Waals surface area (Å²) in [5.41, 5.74) is 8.55. The predicted octanol–water partition coefficient (Wildman–Crippen LogP) is 10.3. The summed E-state index contributed by atoms with van der Waals surface area (Å²) in [4.78, 5) is 5.59. The van der Waals surface area contributed by atoms with Gasteiger partial charge in [-0.2, -0.15) is 0 Å². The third-order valence-corrected chi connectivity index (χ3v) is 6.98. The molecule has 0 aliphatic carbocycles. The number of aryl methyl sites for hydroxylation is 1. The molecule has 0 saturated heterocycles. The van der Waals surface area contributed by atoms with Gasteiger partial charge in [0.1, 0.15) is 11.5 Å². The molecule has 0 spiro atoms. The van der Waals surface area contributed by atoms with Gasteiger partial charge in [-0.05, 0) is 95.8 Å². The van der Waals surface area contributed by atoms with E-state index in [9.17, 15) is 5.26 Å². The fourth-order valence-electron chi connectivity index (χ4n) is 4.93. The Kier molecular flexibility index (Phi) is 8.78. The van der Waals surface area contributed by atoms with Gasteiger partial charge in [0.15, 0.2) is 0 Å². The Balaban J connectivity index is 1.44. The molecule has 4 nitrogen and oxygen atoms in total. The maximum Gasteiger partial charge on any atom is 0.269 e. The minimum absolute atomic E-state index is 0.0486. The molecule has 204 valence electrons. The second kappa shape index (κ2) is 13.2. The fraction of sp³-hybridized carbons (Fsp3) is 0.105. The van der Waals surface area contributed by atoms with Gasteiger partial charge < -0.3 is 9.64 Å². The van der Waals surface area contributed by atoms with Gasteiger partial charge in [-0.3, -0.25) is 0 Å².